The Kier molecular flexibility index (Phi) is 8.04. The lowest BCUT2D eigenvalue weighted by Gasteiger charge is -2.49. The molecule has 2 aliphatic carbocycles. The molecule has 178 valence electrons. The van der Waals surface area contributed by atoms with Crippen molar-refractivity contribution in [2.24, 2.45) is 34.5 Å². The van der Waals surface area contributed by atoms with Crippen molar-refractivity contribution in [1.29, 1.82) is 0 Å². The third-order valence-corrected chi connectivity index (χ3v) is 9.81. The molecule has 2 nitrogen and oxygen atoms in total. The molecule has 2 heteroatoms. The Bertz CT molecular complexity index is 639. The van der Waals surface area contributed by atoms with E-state index in [1.54, 1.807) is 0 Å². The average molecular weight is 429 g/mol. The molecule has 2 saturated carbocycles. The fourth-order valence-corrected chi connectivity index (χ4v) is 8.35. The standard InChI is InChI=1S/C29H52N2/c1-9-12-20(4)19-21(5)30-22(6)23-14-15-24-27-25(16-18-28(23,24)7)29(8,17-11-3)26(31-27)13-10-2/h20,23-27,30-31H,5-6,9-19H2,1-4,7-8H3/t20?,23?,24?,25?,26?,27?,28-,29-/m1/s1. The van der Waals surface area contributed by atoms with Gasteiger partial charge in [0.1, 0.15) is 0 Å². The van der Waals surface area contributed by atoms with E-state index >= 15 is 0 Å². The molecule has 0 aromatic rings. The van der Waals surface area contributed by atoms with Gasteiger partial charge in [-0.15, -0.1) is 0 Å². The molecule has 31 heavy (non-hydrogen) atoms. The van der Waals surface area contributed by atoms with Gasteiger partial charge in [-0.25, -0.2) is 0 Å². The maximum Gasteiger partial charge on any atom is 0.0138 e. The molecule has 6 unspecified atom stereocenters. The summed E-state index contributed by atoms with van der Waals surface area (Å²) >= 11 is 0. The van der Waals surface area contributed by atoms with Crippen molar-refractivity contribution in [2.45, 2.75) is 124 Å². The first-order valence-corrected chi connectivity index (χ1v) is 13.6. The summed E-state index contributed by atoms with van der Waals surface area (Å²) in [5.74, 6) is 2.93. The summed E-state index contributed by atoms with van der Waals surface area (Å²) in [7, 11) is 0. The maximum atomic E-state index is 4.56. The molecule has 3 fully saturated rings. The lowest BCUT2D eigenvalue weighted by molar-refractivity contribution is 0.0290. The predicted octanol–water partition coefficient (Wildman–Crippen LogP) is 7.82. The molecule has 0 bridgehead atoms. The SMILES string of the molecule is C=C(CC(C)CCC)NC(=C)C1CCC2C3NC(CCC)[C@](C)(CCC)C3CC[C@]12C. The van der Waals surface area contributed by atoms with E-state index in [-0.39, 0.29) is 0 Å². The smallest absolute Gasteiger partial charge is 0.0138 e. The molecule has 3 rings (SSSR count). The fraction of sp³-hybridized carbons (Fsp3) is 0.862. The largest absolute Gasteiger partial charge is 0.363 e. The molecule has 1 saturated heterocycles. The van der Waals surface area contributed by atoms with Crippen LogP contribution in [-0.4, -0.2) is 12.1 Å². The van der Waals surface area contributed by atoms with E-state index < -0.39 is 0 Å². The van der Waals surface area contributed by atoms with Crippen LogP contribution in [0.15, 0.2) is 24.6 Å². The van der Waals surface area contributed by atoms with Gasteiger partial charge in [0.15, 0.2) is 0 Å². The number of rotatable bonds is 11. The van der Waals surface area contributed by atoms with E-state index in [0.717, 1.165) is 18.3 Å². The van der Waals surface area contributed by atoms with Gasteiger partial charge in [-0.1, -0.05) is 80.4 Å². The van der Waals surface area contributed by atoms with Crippen LogP contribution < -0.4 is 10.6 Å². The minimum atomic E-state index is 0.377. The molecule has 8 atom stereocenters. The van der Waals surface area contributed by atoms with Gasteiger partial charge < -0.3 is 10.6 Å². The zero-order valence-corrected chi connectivity index (χ0v) is 21.7. The minimum Gasteiger partial charge on any atom is -0.363 e. The fourth-order valence-electron chi connectivity index (χ4n) is 8.35. The quantitative estimate of drug-likeness (QED) is 0.350. The maximum absolute atomic E-state index is 4.56. The molecule has 3 aliphatic rings. The number of fused-ring (bicyclic) bond motifs is 3. The molecule has 2 N–H and O–H groups in total. The summed E-state index contributed by atoms with van der Waals surface area (Å²) in [6.45, 7) is 23.5. The highest BCUT2D eigenvalue weighted by Gasteiger charge is 2.61. The minimum absolute atomic E-state index is 0.377. The lowest BCUT2D eigenvalue weighted by Crippen LogP contribution is -2.49. The summed E-state index contributed by atoms with van der Waals surface area (Å²) in [4.78, 5) is 0. The van der Waals surface area contributed by atoms with Crippen LogP contribution in [-0.2, 0) is 0 Å². The van der Waals surface area contributed by atoms with E-state index in [9.17, 15) is 0 Å². The number of hydrogen-bond donors (Lipinski definition) is 2. The molecular weight excluding hydrogens is 376 g/mol. The highest BCUT2D eigenvalue weighted by atomic mass is 15.1. The van der Waals surface area contributed by atoms with Crippen LogP contribution >= 0.6 is 0 Å². The van der Waals surface area contributed by atoms with Crippen molar-refractivity contribution in [3.8, 4) is 0 Å². The van der Waals surface area contributed by atoms with Crippen LogP contribution in [0.5, 0.6) is 0 Å². The van der Waals surface area contributed by atoms with Gasteiger partial charge in [0.25, 0.3) is 0 Å². The second-order valence-corrected chi connectivity index (χ2v) is 12.0. The van der Waals surface area contributed by atoms with E-state index in [1.165, 1.54) is 75.6 Å². The zero-order chi connectivity index (χ0) is 22.8. The second kappa shape index (κ2) is 10.0. The normalized spacial score (nSPS) is 40.3. The first kappa shape index (κ1) is 24.9. The van der Waals surface area contributed by atoms with Crippen molar-refractivity contribution in [2.75, 3.05) is 0 Å². The zero-order valence-electron chi connectivity index (χ0n) is 21.7. The predicted molar refractivity (Wildman–Crippen MR) is 136 cm³/mol. The van der Waals surface area contributed by atoms with Gasteiger partial charge in [0, 0.05) is 29.4 Å². The number of allylic oxidation sites excluding steroid dienone is 2. The Hall–Kier alpha value is -0.760. The van der Waals surface area contributed by atoms with E-state index in [0.29, 0.717) is 34.7 Å². The van der Waals surface area contributed by atoms with Crippen molar-refractivity contribution >= 4 is 0 Å². The van der Waals surface area contributed by atoms with Crippen molar-refractivity contribution in [1.82, 2.24) is 10.6 Å². The third kappa shape index (κ3) is 4.66. The van der Waals surface area contributed by atoms with Crippen LogP contribution in [0.2, 0.25) is 0 Å². The van der Waals surface area contributed by atoms with E-state index in [2.05, 4.69) is 65.3 Å². The molecule has 1 aliphatic heterocycles. The van der Waals surface area contributed by atoms with Gasteiger partial charge in [-0.05, 0) is 73.5 Å². The van der Waals surface area contributed by atoms with Gasteiger partial charge in [-0.2, -0.15) is 0 Å². The van der Waals surface area contributed by atoms with Crippen LogP contribution in [0, 0.1) is 34.5 Å². The summed E-state index contributed by atoms with van der Waals surface area (Å²) in [6, 6.07) is 1.41. The van der Waals surface area contributed by atoms with Crippen molar-refractivity contribution in [3.63, 3.8) is 0 Å². The summed E-state index contributed by atoms with van der Waals surface area (Å²) in [5, 5.41) is 7.92. The van der Waals surface area contributed by atoms with Gasteiger partial charge in [0.05, 0.1) is 0 Å². The third-order valence-electron chi connectivity index (χ3n) is 9.81. The highest BCUT2D eigenvalue weighted by Crippen LogP contribution is 2.63. The van der Waals surface area contributed by atoms with Crippen LogP contribution in [0.3, 0.4) is 0 Å². The Labute approximate surface area is 194 Å². The molecule has 0 amide bonds. The number of hydrogen-bond acceptors (Lipinski definition) is 2. The van der Waals surface area contributed by atoms with Gasteiger partial charge in [-0.3, -0.25) is 0 Å². The van der Waals surface area contributed by atoms with Crippen molar-refractivity contribution < 1.29 is 0 Å². The first-order valence-electron chi connectivity index (χ1n) is 13.6. The first-order chi connectivity index (χ1) is 14.7. The van der Waals surface area contributed by atoms with E-state index in [1.807, 2.05) is 0 Å². The molecule has 0 radical (unpaired) electrons. The summed E-state index contributed by atoms with van der Waals surface area (Å²) in [6.07, 6.45) is 14.3. The Balaban J connectivity index is 1.71. The molecular formula is C29H52N2. The Morgan fingerprint density at radius 1 is 1.03 bits per heavy atom. The second-order valence-electron chi connectivity index (χ2n) is 12.0. The topological polar surface area (TPSA) is 24.1 Å². The van der Waals surface area contributed by atoms with Gasteiger partial charge in [0.2, 0.25) is 0 Å². The highest BCUT2D eigenvalue weighted by molar-refractivity contribution is 5.20. The summed E-state index contributed by atoms with van der Waals surface area (Å²) < 4.78 is 0. The molecule has 0 aromatic heterocycles. The Morgan fingerprint density at radius 2 is 1.77 bits per heavy atom. The molecule has 0 spiro atoms. The van der Waals surface area contributed by atoms with Crippen molar-refractivity contribution in [3.05, 3.63) is 24.6 Å². The number of nitrogens with one attached hydrogen (secondary N) is 2. The molecule has 1 heterocycles. The lowest BCUT2D eigenvalue weighted by atomic mass is 9.55. The van der Waals surface area contributed by atoms with Crippen LogP contribution in [0.1, 0.15) is 112 Å². The summed E-state index contributed by atoms with van der Waals surface area (Å²) in [5.41, 5.74) is 3.27. The van der Waals surface area contributed by atoms with Crippen LogP contribution in [0.25, 0.3) is 0 Å². The van der Waals surface area contributed by atoms with E-state index in [4.69, 9.17) is 0 Å². The van der Waals surface area contributed by atoms with Gasteiger partial charge >= 0.3 is 0 Å². The Morgan fingerprint density at radius 3 is 2.42 bits per heavy atom. The van der Waals surface area contributed by atoms with Crippen LogP contribution in [0.4, 0.5) is 0 Å². The average Bonchev–Trinajstić information content (AvgIpc) is 3.17. The molecule has 0 aromatic carbocycles. The monoisotopic (exact) mass is 428 g/mol.